The van der Waals surface area contributed by atoms with Crippen LogP contribution in [0.2, 0.25) is 0 Å². The third kappa shape index (κ3) is 4.93. The van der Waals surface area contributed by atoms with Gasteiger partial charge in [-0.2, -0.15) is 0 Å². The first-order chi connectivity index (χ1) is 13.6. The van der Waals surface area contributed by atoms with Gasteiger partial charge in [0.05, 0.1) is 12.2 Å². The zero-order chi connectivity index (χ0) is 19.5. The molecule has 0 atom stereocenters. The van der Waals surface area contributed by atoms with E-state index >= 15 is 0 Å². The normalized spacial score (nSPS) is 28.2. The van der Waals surface area contributed by atoms with Crippen molar-refractivity contribution in [3.8, 4) is 0 Å². The summed E-state index contributed by atoms with van der Waals surface area (Å²) < 4.78 is 3.01. The summed E-state index contributed by atoms with van der Waals surface area (Å²) in [6.07, 6.45) is 10.0. The molecule has 1 amide bonds. The first-order valence-electron chi connectivity index (χ1n) is 10.1. The molecule has 0 bridgehead atoms. The highest BCUT2D eigenvalue weighted by Crippen LogP contribution is 2.35. The lowest BCUT2D eigenvalue weighted by Gasteiger charge is -2.28. The van der Waals surface area contributed by atoms with E-state index in [4.69, 9.17) is 5.73 Å². The van der Waals surface area contributed by atoms with Crippen molar-refractivity contribution >= 4 is 29.0 Å². The molecule has 0 saturated heterocycles. The maximum atomic E-state index is 12.6. The van der Waals surface area contributed by atoms with Gasteiger partial charge in [-0.3, -0.25) is 4.79 Å². The summed E-state index contributed by atoms with van der Waals surface area (Å²) in [5, 5.41) is 14.1. The molecule has 2 aliphatic carbocycles. The van der Waals surface area contributed by atoms with Gasteiger partial charge < -0.3 is 11.1 Å². The maximum Gasteiger partial charge on any atom is 0.273 e. The average Bonchev–Trinajstić information content (AvgIpc) is 3.33. The third-order valence-electron chi connectivity index (χ3n) is 5.73. The van der Waals surface area contributed by atoms with Crippen molar-refractivity contribution in [1.29, 1.82) is 0 Å². The summed E-state index contributed by atoms with van der Waals surface area (Å²) in [4.78, 5) is 17.1. The number of thiazole rings is 1. The number of hydrogen-bond donors (Lipinski definition) is 2. The van der Waals surface area contributed by atoms with E-state index in [1.165, 1.54) is 0 Å². The SMILES string of the molecule is Cc1csc(SC2CCC(NC(=O)c3cn(C4CCC(N)CC4)nn3)CC2)n1. The van der Waals surface area contributed by atoms with Gasteiger partial charge in [-0.25, -0.2) is 9.67 Å². The fourth-order valence-electron chi connectivity index (χ4n) is 4.04. The number of amides is 1. The number of nitrogens with two attached hydrogens (primary N) is 1. The number of nitrogens with zero attached hydrogens (tertiary/aromatic N) is 4. The van der Waals surface area contributed by atoms with E-state index < -0.39 is 0 Å². The molecule has 0 unspecified atom stereocenters. The van der Waals surface area contributed by atoms with Crippen molar-refractivity contribution in [1.82, 2.24) is 25.3 Å². The van der Waals surface area contributed by atoms with Crippen LogP contribution in [0.1, 0.15) is 73.6 Å². The molecule has 2 aromatic heterocycles. The maximum absolute atomic E-state index is 12.6. The van der Waals surface area contributed by atoms with Gasteiger partial charge in [-0.15, -0.1) is 16.4 Å². The predicted octanol–water partition coefficient (Wildman–Crippen LogP) is 3.32. The number of nitrogens with one attached hydrogen (secondary N) is 1. The molecule has 4 rings (SSSR count). The minimum absolute atomic E-state index is 0.106. The van der Waals surface area contributed by atoms with Crippen LogP contribution in [0.4, 0.5) is 0 Å². The van der Waals surface area contributed by atoms with Gasteiger partial charge in [0.25, 0.3) is 5.91 Å². The molecule has 0 spiro atoms. The molecule has 0 aromatic carbocycles. The van der Waals surface area contributed by atoms with E-state index in [0.29, 0.717) is 23.0 Å². The molecule has 28 heavy (non-hydrogen) atoms. The molecule has 0 radical (unpaired) electrons. The van der Waals surface area contributed by atoms with E-state index in [-0.39, 0.29) is 11.9 Å². The molecule has 152 valence electrons. The summed E-state index contributed by atoms with van der Waals surface area (Å²) in [7, 11) is 0. The molecule has 0 aliphatic heterocycles. The molecule has 2 aromatic rings. The van der Waals surface area contributed by atoms with Crippen LogP contribution >= 0.6 is 23.1 Å². The zero-order valence-corrected chi connectivity index (χ0v) is 17.8. The van der Waals surface area contributed by atoms with Crippen LogP contribution in [0.25, 0.3) is 0 Å². The molecule has 2 heterocycles. The Labute approximate surface area is 173 Å². The Balaban J connectivity index is 1.24. The van der Waals surface area contributed by atoms with Crippen molar-refractivity contribution in [2.75, 3.05) is 0 Å². The second kappa shape index (κ2) is 8.92. The van der Waals surface area contributed by atoms with Crippen molar-refractivity contribution in [2.24, 2.45) is 5.73 Å². The van der Waals surface area contributed by atoms with E-state index in [0.717, 1.165) is 61.4 Å². The largest absolute Gasteiger partial charge is 0.348 e. The summed E-state index contributed by atoms with van der Waals surface area (Å²) in [6, 6.07) is 0.839. The van der Waals surface area contributed by atoms with Crippen LogP contribution in [-0.2, 0) is 0 Å². The van der Waals surface area contributed by atoms with Crippen LogP contribution in [0.5, 0.6) is 0 Å². The van der Waals surface area contributed by atoms with Crippen molar-refractivity contribution < 1.29 is 4.79 Å². The molecule has 9 heteroatoms. The Morgan fingerprint density at radius 3 is 2.64 bits per heavy atom. The Kier molecular flexibility index (Phi) is 6.32. The van der Waals surface area contributed by atoms with Gasteiger partial charge in [0, 0.05) is 28.4 Å². The lowest BCUT2D eigenvalue weighted by atomic mass is 9.92. The monoisotopic (exact) mass is 420 g/mol. The van der Waals surface area contributed by atoms with Gasteiger partial charge >= 0.3 is 0 Å². The highest BCUT2D eigenvalue weighted by atomic mass is 32.2. The van der Waals surface area contributed by atoms with Gasteiger partial charge in [0.2, 0.25) is 0 Å². The first kappa shape index (κ1) is 19.8. The Bertz CT molecular complexity index is 790. The fraction of sp³-hybridized carbons (Fsp3) is 0.684. The first-order valence-corrected chi connectivity index (χ1v) is 11.9. The van der Waals surface area contributed by atoms with E-state index in [1.807, 2.05) is 23.4 Å². The Hall–Kier alpha value is -1.45. The molecular weight excluding hydrogens is 392 g/mol. The van der Waals surface area contributed by atoms with E-state index in [2.05, 4.69) is 26.0 Å². The standard InChI is InChI=1S/C19H28N6OS2/c1-12-11-27-19(21-12)28-16-8-4-14(5-9-16)22-18(26)17-10-25(24-23-17)15-6-2-13(20)3-7-15/h10-11,13-16H,2-9,20H2,1H3,(H,22,26). The number of carbonyl (C=O) groups excluding carboxylic acids is 1. The van der Waals surface area contributed by atoms with Gasteiger partial charge in [-0.1, -0.05) is 17.0 Å². The minimum Gasteiger partial charge on any atom is -0.348 e. The van der Waals surface area contributed by atoms with E-state index in [1.54, 1.807) is 17.5 Å². The summed E-state index contributed by atoms with van der Waals surface area (Å²) in [5.74, 6) is -0.106. The Morgan fingerprint density at radius 1 is 1.21 bits per heavy atom. The van der Waals surface area contributed by atoms with Gasteiger partial charge in [0.1, 0.15) is 4.34 Å². The second-order valence-electron chi connectivity index (χ2n) is 7.97. The van der Waals surface area contributed by atoms with Crippen molar-refractivity contribution in [2.45, 2.75) is 86.0 Å². The summed E-state index contributed by atoms with van der Waals surface area (Å²) >= 11 is 3.61. The fourth-order valence-corrected chi connectivity index (χ4v) is 6.32. The number of aryl methyl sites for hydroxylation is 1. The number of carbonyl (C=O) groups is 1. The quantitative estimate of drug-likeness (QED) is 0.770. The molecule has 3 N–H and O–H groups in total. The van der Waals surface area contributed by atoms with Crippen LogP contribution < -0.4 is 11.1 Å². The number of thioether (sulfide) groups is 1. The van der Waals surface area contributed by atoms with Crippen LogP contribution in [-0.4, -0.2) is 43.2 Å². The highest BCUT2D eigenvalue weighted by Gasteiger charge is 2.26. The average molecular weight is 421 g/mol. The summed E-state index contributed by atoms with van der Waals surface area (Å²) in [5.41, 5.74) is 7.49. The molecule has 7 nitrogen and oxygen atoms in total. The number of aromatic nitrogens is 4. The number of hydrogen-bond acceptors (Lipinski definition) is 7. The topological polar surface area (TPSA) is 98.7 Å². The summed E-state index contributed by atoms with van der Waals surface area (Å²) in [6.45, 7) is 2.03. The third-order valence-corrected chi connectivity index (χ3v) is 8.16. The lowest BCUT2D eigenvalue weighted by Crippen LogP contribution is -2.38. The smallest absolute Gasteiger partial charge is 0.273 e. The van der Waals surface area contributed by atoms with Crippen molar-refractivity contribution in [3.05, 3.63) is 23.0 Å². The second-order valence-corrected chi connectivity index (χ2v) is 10.4. The van der Waals surface area contributed by atoms with Crippen LogP contribution in [0.3, 0.4) is 0 Å². The van der Waals surface area contributed by atoms with Gasteiger partial charge in [0.15, 0.2) is 5.69 Å². The molecule has 2 aliphatic rings. The number of rotatable bonds is 5. The highest BCUT2D eigenvalue weighted by molar-refractivity contribution is 8.01. The van der Waals surface area contributed by atoms with Crippen LogP contribution in [0, 0.1) is 6.92 Å². The van der Waals surface area contributed by atoms with Crippen molar-refractivity contribution in [3.63, 3.8) is 0 Å². The van der Waals surface area contributed by atoms with Crippen LogP contribution in [0.15, 0.2) is 15.9 Å². The zero-order valence-electron chi connectivity index (χ0n) is 16.2. The van der Waals surface area contributed by atoms with E-state index in [9.17, 15) is 4.79 Å². The molecular formula is C19H28N6OS2. The van der Waals surface area contributed by atoms with Gasteiger partial charge in [-0.05, 0) is 58.3 Å². The molecule has 2 saturated carbocycles. The predicted molar refractivity (Wildman–Crippen MR) is 112 cm³/mol. The lowest BCUT2D eigenvalue weighted by molar-refractivity contribution is 0.0923. The Morgan fingerprint density at radius 2 is 1.96 bits per heavy atom. The minimum atomic E-state index is -0.106. The molecule has 2 fully saturated rings.